The van der Waals surface area contributed by atoms with Crippen LogP contribution in [0.15, 0.2) is 134 Å². The third-order valence-corrected chi connectivity index (χ3v) is 11.0. The van der Waals surface area contributed by atoms with Gasteiger partial charge in [0.15, 0.2) is 6.10 Å². The second-order valence-corrected chi connectivity index (χ2v) is 17.4. The van der Waals surface area contributed by atoms with Gasteiger partial charge < -0.3 is 14.2 Å². The minimum atomic E-state index is -0.812. The number of carbonyl (C=O) groups is 3. The second kappa shape index (κ2) is 55.1. The van der Waals surface area contributed by atoms with Crippen molar-refractivity contribution in [2.24, 2.45) is 0 Å². The molecule has 0 aliphatic carbocycles. The van der Waals surface area contributed by atoms with Gasteiger partial charge in [0.2, 0.25) is 0 Å². The maximum absolute atomic E-state index is 12.8. The van der Waals surface area contributed by atoms with E-state index in [4.69, 9.17) is 14.2 Å². The first kappa shape index (κ1) is 63.5. The van der Waals surface area contributed by atoms with Gasteiger partial charge in [-0.25, -0.2) is 0 Å². The SMILES string of the molecule is CC\C=C/C=C\C=C/C=C\CCCCCCCC(=O)OCC(COC(=O)CCCCCCCCCCC/C=C\C/C=C\C/C=C\CC)OC(=O)CCCCC/C=C\C/C=C\C/C=C\C/C=C\CC. The van der Waals surface area contributed by atoms with Crippen LogP contribution >= 0.6 is 0 Å². The molecule has 6 heteroatoms. The molecule has 0 heterocycles. The third kappa shape index (κ3) is 52.5. The Morgan fingerprint density at radius 1 is 0.309 bits per heavy atom. The number of esters is 3. The number of allylic oxidation sites excluding steroid dienone is 22. The van der Waals surface area contributed by atoms with Crippen LogP contribution in [-0.4, -0.2) is 37.2 Å². The van der Waals surface area contributed by atoms with Crippen LogP contribution in [0, 0.1) is 0 Å². The van der Waals surface area contributed by atoms with E-state index in [9.17, 15) is 14.4 Å². The van der Waals surface area contributed by atoms with Crippen molar-refractivity contribution in [2.45, 2.75) is 226 Å². The van der Waals surface area contributed by atoms with Gasteiger partial charge >= 0.3 is 17.9 Å². The van der Waals surface area contributed by atoms with Crippen molar-refractivity contribution in [3.05, 3.63) is 134 Å². The molecule has 0 N–H and O–H groups in total. The van der Waals surface area contributed by atoms with Crippen molar-refractivity contribution in [3.63, 3.8) is 0 Å². The molecule has 1 unspecified atom stereocenters. The van der Waals surface area contributed by atoms with Crippen molar-refractivity contribution >= 4 is 17.9 Å². The average molecular weight is 939 g/mol. The Morgan fingerprint density at radius 3 is 1.01 bits per heavy atom. The lowest BCUT2D eigenvalue weighted by molar-refractivity contribution is -0.167. The molecule has 6 nitrogen and oxygen atoms in total. The fraction of sp³-hybridized carbons (Fsp3) is 0.597. The van der Waals surface area contributed by atoms with Crippen LogP contribution in [0.1, 0.15) is 220 Å². The van der Waals surface area contributed by atoms with E-state index in [1.165, 1.54) is 38.5 Å². The van der Waals surface area contributed by atoms with Crippen molar-refractivity contribution in [1.29, 1.82) is 0 Å². The summed E-state index contributed by atoms with van der Waals surface area (Å²) in [6.07, 6.45) is 77.2. The molecule has 0 aliphatic heterocycles. The summed E-state index contributed by atoms with van der Waals surface area (Å²) in [5.74, 6) is -0.973. The molecule has 0 bridgehead atoms. The summed E-state index contributed by atoms with van der Waals surface area (Å²) in [6.45, 7) is 6.21. The number of unbranched alkanes of at least 4 members (excludes halogenated alkanes) is 17. The molecule has 0 rings (SSSR count). The molecule has 68 heavy (non-hydrogen) atoms. The maximum atomic E-state index is 12.8. The Bertz CT molecular complexity index is 1500. The number of carbonyl (C=O) groups excluding carboxylic acids is 3. The zero-order valence-electron chi connectivity index (χ0n) is 43.6. The second-order valence-electron chi connectivity index (χ2n) is 17.4. The van der Waals surface area contributed by atoms with Gasteiger partial charge in [-0.2, -0.15) is 0 Å². The van der Waals surface area contributed by atoms with E-state index in [-0.39, 0.29) is 37.5 Å². The average Bonchev–Trinajstić information content (AvgIpc) is 3.34. The summed E-state index contributed by atoms with van der Waals surface area (Å²) in [5.41, 5.74) is 0. The number of ether oxygens (including phenoxy) is 3. The van der Waals surface area contributed by atoms with Crippen LogP contribution in [0.4, 0.5) is 0 Å². The van der Waals surface area contributed by atoms with E-state index in [0.29, 0.717) is 19.3 Å². The van der Waals surface area contributed by atoms with Gasteiger partial charge in [-0.1, -0.05) is 225 Å². The molecule has 0 aromatic rings. The molecule has 1 atom stereocenters. The predicted octanol–water partition coefficient (Wildman–Crippen LogP) is 18.3. The predicted molar refractivity (Wildman–Crippen MR) is 292 cm³/mol. The molecule has 0 radical (unpaired) electrons. The van der Waals surface area contributed by atoms with Crippen LogP contribution in [0.3, 0.4) is 0 Å². The van der Waals surface area contributed by atoms with Crippen molar-refractivity contribution in [1.82, 2.24) is 0 Å². The van der Waals surface area contributed by atoms with Gasteiger partial charge in [0.05, 0.1) is 0 Å². The number of rotatable bonds is 47. The molecular formula is C62H98O6. The highest BCUT2D eigenvalue weighted by molar-refractivity contribution is 5.71. The highest BCUT2D eigenvalue weighted by Gasteiger charge is 2.19. The molecule has 0 aromatic carbocycles. The van der Waals surface area contributed by atoms with E-state index in [0.717, 1.165) is 135 Å². The summed E-state index contributed by atoms with van der Waals surface area (Å²) < 4.78 is 16.8. The summed E-state index contributed by atoms with van der Waals surface area (Å²) >= 11 is 0. The molecule has 0 amide bonds. The van der Waals surface area contributed by atoms with Crippen LogP contribution in [0.25, 0.3) is 0 Å². The Morgan fingerprint density at radius 2 is 0.603 bits per heavy atom. The van der Waals surface area contributed by atoms with E-state index in [1.54, 1.807) is 0 Å². The van der Waals surface area contributed by atoms with Crippen molar-refractivity contribution < 1.29 is 28.6 Å². The summed E-state index contributed by atoms with van der Waals surface area (Å²) in [4.78, 5) is 38.1. The van der Waals surface area contributed by atoms with Crippen molar-refractivity contribution in [2.75, 3.05) is 13.2 Å². The van der Waals surface area contributed by atoms with Gasteiger partial charge in [0.25, 0.3) is 0 Å². The number of hydrogen-bond acceptors (Lipinski definition) is 6. The first-order valence-electron chi connectivity index (χ1n) is 27.2. The van der Waals surface area contributed by atoms with Gasteiger partial charge in [-0.05, 0) is 109 Å². The Hall–Kier alpha value is -4.45. The third-order valence-electron chi connectivity index (χ3n) is 11.0. The van der Waals surface area contributed by atoms with Crippen LogP contribution in [0.5, 0.6) is 0 Å². The van der Waals surface area contributed by atoms with Crippen LogP contribution < -0.4 is 0 Å². The van der Waals surface area contributed by atoms with E-state index in [2.05, 4.69) is 130 Å². The standard InChI is InChI=1S/C62H98O6/c1-4-7-10-13-16-19-22-25-28-30-31-32-35-37-40-43-46-49-52-55-61(64)67-58-59(57-66-60(63)54-51-48-45-42-39-36-33-27-24-21-18-15-12-9-6-3)68-62(65)56-53-50-47-44-41-38-34-29-26-23-20-17-14-11-8-5-2/h7-12,15-21,24-29,33,38,41,59H,4-6,13-14,22-23,30-32,34-37,39-40,42-58H2,1-3H3/b10-7-,11-8-,12-9-,18-15-,19-16-,20-17-,24-21-,28-25-,29-26-,33-27-,41-38-. The zero-order valence-corrected chi connectivity index (χ0v) is 43.6. The van der Waals surface area contributed by atoms with Gasteiger partial charge in [0, 0.05) is 19.3 Å². The first-order chi connectivity index (χ1) is 33.5. The smallest absolute Gasteiger partial charge is 0.306 e. The Labute approximate surface area is 417 Å². The van der Waals surface area contributed by atoms with Gasteiger partial charge in [0.1, 0.15) is 13.2 Å². The monoisotopic (exact) mass is 939 g/mol. The largest absolute Gasteiger partial charge is 0.462 e. The summed E-state index contributed by atoms with van der Waals surface area (Å²) in [7, 11) is 0. The summed E-state index contributed by atoms with van der Waals surface area (Å²) in [5, 5.41) is 0. The molecule has 0 aromatic heterocycles. The van der Waals surface area contributed by atoms with E-state index < -0.39 is 6.10 Å². The lowest BCUT2D eigenvalue weighted by Crippen LogP contribution is -2.30. The maximum Gasteiger partial charge on any atom is 0.306 e. The molecular weight excluding hydrogens is 841 g/mol. The Kier molecular flexibility index (Phi) is 51.5. The molecule has 0 spiro atoms. The molecule has 0 aliphatic rings. The van der Waals surface area contributed by atoms with Gasteiger partial charge in [-0.3, -0.25) is 14.4 Å². The molecule has 382 valence electrons. The minimum Gasteiger partial charge on any atom is -0.462 e. The highest BCUT2D eigenvalue weighted by atomic mass is 16.6. The minimum absolute atomic E-state index is 0.106. The van der Waals surface area contributed by atoms with Crippen molar-refractivity contribution in [3.8, 4) is 0 Å². The molecule has 0 saturated carbocycles. The Balaban J connectivity index is 4.49. The first-order valence-corrected chi connectivity index (χ1v) is 27.2. The normalized spacial score (nSPS) is 13.2. The zero-order chi connectivity index (χ0) is 49.3. The summed E-state index contributed by atoms with van der Waals surface area (Å²) in [6, 6.07) is 0. The quantitative estimate of drug-likeness (QED) is 0.0199. The fourth-order valence-corrected chi connectivity index (χ4v) is 6.99. The lowest BCUT2D eigenvalue weighted by Gasteiger charge is -2.18. The van der Waals surface area contributed by atoms with Crippen LogP contribution in [-0.2, 0) is 28.6 Å². The van der Waals surface area contributed by atoms with Crippen LogP contribution in [0.2, 0.25) is 0 Å². The lowest BCUT2D eigenvalue weighted by atomic mass is 10.1. The number of hydrogen-bond donors (Lipinski definition) is 0. The molecule has 0 fully saturated rings. The van der Waals surface area contributed by atoms with Gasteiger partial charge in [-0.15, -0.1) is 0 Å². The van der Waals surface area contributed by atoms with E-state index in [1.807, 2.05) is 24.3 Å². The highest BCUT2D eigenvalue weighted by Crippen LogP contribution is 2.14. The fourth-order valence-electron chi connectivity index (χ4n) is 6.99. The van der Waals surface area contributed by atoms with E-state index >= 15 is 0 Å². The molecule has 0 saturated heterocycles. The topological polar surface area (TPSA) is 78.9 Å².